The van der Waals surface area contributed by atoms with Crippen molar-refractivity contribution in [2.24, 2.45) is 0 Å². The van der Waals surface area contributed by atoms with Crippen molar-refractivity contribution in [2.45, 2.75) is 12.6 Å². The molecule has 0 spiro atoms. The first kappa shape index (κ1) is 10.4. The van der Waals surface area contributed by atoms with Gasteiger partial charge in [-0.1, -0.05) is 42.5 Å². The van der Waals surface area contributed by atoms with E-state index < -0.39 is 12.1 Å². The maximum Gasteiger partial charge on any atom is 0.338 e. The van der Waals surface area contributed by atoms with Crippen LogP contribution in [0.4, 0.5) is 4.39 Å². The van der Waals surface area contributed by atoms with E-state index in [0.717, 1.165) is 5.56 Å². The van der Waals surface area contributed by atoms with Gasteiger partial charge < -0.3 is 5.11 Å². The third kappa shape index (κ3) is 3.39. The van der Waals surface area contributed by atoms with Crippen LogP contribution in [0.5, 0.6) is 0 Å². The summed E-state index contributed by atoms with van der Waals surface area (Å²) in [6, 6.07) is 9.34. The van der Waals surface area contributed by atoms with Crippen molar-refractivity contribution >= 4 is 12.0 Å². The van der Waals surface area contributed by atoms with Crippen LogP contribution in [0.15, 0.2) is 36.4 Å². The van der Waals surface area contributed by atoms with E-state index in [0.29, 0.717) is 0 Å². The SMILES string of the molecule is O=C(O)C(F)C/C=C/c1ccccc1. The molecule has 1 aromatic carbocycles. The summed E-state index contributed by atoms with van der Waals surface area (Å²) in [6.07, 6.45) is 1.32. The van der Waals surface area contributed by atoms with Crippen LogP contribution in [0.1, 0.15) is 12.0 Å². The molecule has 0 saturated heterocycles. The van der Waals surface area contributed by atoms with E-state index in [9.17, 15) is 9.18 Å². The summed E-state index contributed by atoms with van der Waals surface area (Å²) in [5.74, 6) is -1.41. The van der Waals surface area contributed by atoms with Crippen LogP contribution in [0.3, 0.4) is 0 Å². The van der Waals surface area contributed by atoms with Gasteiger partial charge in [0.15, 0.2) is 0 Å². The normalized spacial score (nSPS) is 12.9. The third-order valence-electron chi connectivity index (χ3n) is 1.72. The number of alkyl halides is 1. The average Bonchev–Trinajstić information content (AvgIpc) is 2.19. The zero-order valence-corrected chi connectivity index (χ0v) is 7.56. The third-order valence-corrected chi connectivity index (χ3v) is 1.72. The lowest BCUT2D eigenvalue weighted by molar-refractivity contribution is -0.142. The highest BCUT2D eigenvalue weighted by Gasteiger charge is 2.12. The Morgan fingerprint density at radius 1 is 1.43 bits per heavy atom. The molecular weight excluding hydrogens is 183 g/mol. The Morgan fingerprint density at radius 3 is 2.64 bits per heavy atom. The molecule has 1 unspecified atom stereocenters. The fraction of sp³-hybridized carbons (Fsp3) is 0.182. The molecule has 0 amide bonds. The molecule has 14 heavy (non-hydrogen) atoms. The Bertz CT molecular complexity index is 319. The molecule has 1 atom stereocenters. The first-order valence-corrected chi connectivity index (χ1v) is 4.28. The van der Waals surface area contributed by atoms with E-state index in [2.05, 4.69) is 0 Å². The molecule has 0 aliphatic heterocycles. The zero-order valence-electron chi connectivity index (χ0n) is 7.56. The molecule has 1 rings (SSSR count). The lowest BCUT2D eigenvalue weighted by Crippen LogP contribution is -2.12. The fourth-order valence-electron chi connectivity index (χ4n) is 0.989. The zero-order chi connectivity index (χ0) is 10.4. The lowest BCUT2D eigenvalue weighted by Gasteiger charge is -1.96. The molecule has 0 aliphatic rings. The van der Waals surface area contributed by atoms with Gasteiger partial charge in [0, 0.05) is 6.42 Å². The minimum absolute atomic E-state index is 0.0930. The van der Waals surface area contributed by atoms with Crippen LogP contribution in [-0.2, 0) is 4.79 Å². The van der Waals surface area contributed by atoms with Crippen LogP contribution >= 0.6 is 0 Å². The van der Waals surface area contributed by atoms with Crippen molar-refractivity contribution in [3.63, 3.8) is 0 Å². The fourth-order valence-corrected chi connectivity index (χ4v) is 0.989. The average molecular weight is 194 g/mol. The monoisotopic (exact) mass is 194 g/mol. The second-order valence-electron chi connectivity index (χ2n) is 2.85. The van der Waals surface area contributed by atoms with Crippen molar-refractivity contribution in [1.29, 1.82) is 0 Å². The molecule has 74 valence electrons. The summed E-state index contributed by atoms with van der Waals surface area (Å²) in [7, 11) is 0. The van der Waals surface area contributed by atoms with Crippen molar-refractivity contribution in [2.75, 3.05) is 0 Å². The molecule has 1 N–H and O–H groups in total. The van der Waals surface area contributed by atoms with Gasteiger partial charge in [0.05, 0.1) is 0 Å². The predicted octanol–water partition coefficient (Wildman–Crippen LogP) is 2.51. The first-order chi connectivity index (χ1) is 6.70. The number of hydrogen-bond acceptors (Lipinski definition) is 1. The van der Waals surface area contributed by atoms with Gasteiger partial charge in [-0.25, -0.2) is 9.18 Å². The summed E-state index contributed by atoms with van der Waals surface area (Å²) >= 11 is 0. The van der Waals surface area contributed by atoms with Crippen LogP contribution in [0.2, 0.25) is 0 Å². The molecule has 0 radical (unpaired) electrons. The molecular formula is C11H11FO2. The molecule has 0 bridgehead atoms. The molecule has 0 heterocycles. The number of aliphatic carboxylic acids is 1. The van der Waals surface area contributed by atoms with Crippen molar-refractivity contribution in [3.05, 3.63) is 42.0 Å². The Morgan fingerprint density at radius 2 is 2.07 bits per heavy atom. The van der Waals surface area contributed by atoms with Crippen LogP contribution in [0, 0.1) is 0 Å². The lowest BCUT2D eigenvalue weighted by atomic mass is 10.2. The number of hydrogen-bond donors (Lipinski definition) is 1. The maximum atomic E-state index is 12.6. The molecule has 0 saturated carbocycles. The van der Waals surface area contributed by atoms with Crippen molar-refractivity contribution in [1.82, 2.24) is 0 Å². The van der Waals surface area contributed by atoms with Gasteiger partial charge >= 0.3 is 5.97 Å². The van der Waals surface area contributed by atoms with Gasteiger partial charge in [0.2, 0.25) is 6.17 Å². The quantitative estimate of drug-likeness (QED) is 0.799. The summed E-state index contributed by atoms with van der Waals surface area (Å²) < 4.78 is 12.6. The number of carboxylic acids is 1. The molecule has 0 fully saturated rings. The van der Waals surface area contributed by atoms with Crippen LogP contribution in [0.25, 0.3) is 6.08 Å². The van der Waals surface area contributed by atoms with Gasteiger partial charge in [-0.2, -0.15) is 0 Å². The van der Waals surface area contributed by atoms with E-state index in [4.69, 9.17) is 5.11 Å². The minimum Gasteiger partial charge on any atom is -0.479 e. The van der Waals surface area contributed by atoms with Gasteiger partial charge in [0.1, 0.15) is 0 Å². The second kappa shape index (κ2) is 5.17. The molecule has 0 aliphatic carbocycles. The number of rotatable bonds is 4. The first-order valence-electron chi connectivity index (χ1n) is 4.28. The standard InChI is InChI=1S/C11H11FO2/c12-10(11(13)14)8-4-7-9-5-2-1-3-6-9/h1-7,10H,8H2,(H,13,14)/b7-4+. The van der Waals surface area contributed by atoms with Gasteiger partial charge in [-0.15, -0.1) is 0 Å². The summed E-state index contributed by atoms with van der Waals surface area (Å²) in [5, 5.41) is 8.27. The highest BCUT2D eigenvalue weighted by molar-refractivity contribution is 5.72. The minimum atomic E-state index is -1.81. The number of allylic oxidation sites excluding steroid dienone is 1. The Balaban J connectivity index is 2.46. The van der Waals surface area contributed by atoms with Gasteiger partial charge in [-0.3, -0.25) is 0 Å². The van der Waals surface area contributed by atoms with Crippen LogP contribution in [-0.4, -0.2) is 17.2 Å². The number of halogens is 1. The number of carboxylic acid groups (broad SMARTS) is 1. The second-order valence-corrected chi connectivity index (χ2v) is 2.85. The van der Waals surface area contributed by atoms with E-state index in [1.807, 2.05) is 30.3 Å². The highest BCUT2D eigenvalue weighted by Crippen LogP contribution is 2.05. The topological polar surface area (TPSA) is 37.3 Å². The molecule has 0 aromatic heterocycles. The van der Waals surface area contributed by atoms with Crippen molar-refractivity contribution < 1.29 is 14.3 Å². The maximum absolute atomic E-state index is 12.6. The van der Waals surface area contributed by atoms with E-state index in [1.54, 1.807) is 6.08 Å². The number of carbonyl (C=O) groups is 1. The summed E-state index contributed by atoms with van der Waals surface area (Å²) in [5.41, 5.74) is 0.935. The summed E-state index contributed by atoms with van der Waals surface area (Å²) in [4.78, 5) is 10.1. The Hall–Kier alpha value is -1.64. The van der Waals surface area contributed by atoms with E-state index in [-0.39, 0.29) is 6.42 Å². The van der Waals surface area contributed by atoms with Gasteiger partial charge in [-0.05, 0) is 5.56 Å². The molecule has 3 heteroatoms. The van der Waals surface area contributed by atoms with Crippen LogP contribution < -0.4 is 0 Å². The Kier molecular flexibility index (Phi) is 3.85. The smallest absolute Gasteiger partial charge is 0.338 e. The van der Waals surface area contributed by atoms with E-state index >= 15 is 0 Å². The molecule has 2 nitrogen and oxygen atoms in total. The predicted molar refractivity (Wildman–Crippen MR) is 52.6 cm³/mol. The molecule has 1 aromatic rings. The van der Waals surface area contributed by atoms with E-state index in [1.165, 1.54) is 6.08 Å². The summed E-state index contributed by atoms with van der Waals surface area (Å²) in [6.45, 7) is 0. The van der Waals surface area contributed by atoms with Gasteiger partial charge in [0.25, 0.3) is 0 Å². The highest BCUT2D eigenvalue weighted by atomic mass is 19.1. The number of benzene rings is 1. The Labute approximate surface area is 81.7 Å². The van der Waals surface area contributed by atoms with Crippen molar-refractivity contribution in [3.8, 4) is 0 Å². The largest absolute Gasteiger partial charge is 0.479 e.